The van der Waals surface area contributed by atoms with Gasteiger partial charge in [0.15, 0.2) is 6.54 Å². The smallest absolute Gasteiger partial charge is 0.256 e. The number of imidazole rings is 1. The van der Waals surface area contributed by atoms with E-state index in [1.54, 1.807) is 0 Å². The molecule has 4 nitrogen and oxygen atoms in total. The first-order chi connectivity index (χ1) is 17.7. The standard InChI is InChI=1S/C32H27N2O2/c1-2-31-33(18-19-34(31)22-29(35)26-17-16-23-10-6-7-13-25(23)20-26)21-28-27-14-8-9-15-30(27)36-32(28)24-11-4-3-5-12-24/h3-20H,2,21-22H2,1H3/q+1. The number of fused-ring (bicyclic) bond motifs is 2. The van der Waals surface area contributed by atoms with E-state index in [2.05, 4.69) is 52.6 Å². The van der Waals surface area contributed by atoms with Gasteiger partial charge in [0, 0.05) is 28.5 Å². The highest BCUT2D eigenvalue weighted by atomic mass is 16.3. The minimum Gasteiger partial charge on any atom is -0.456 e. The molecule has 0 spiro atoms. The SMILES string of the molecule is CCc1n(CC(=O)c2ccc3ccccc3c2)cc[n+]1Cc1c(-c2ccccc2)oc2ccccc12. The third-order valence-electron chi connectivity index (χ3n) is 6.85. The summed E-state index contributed by atoms with van der Waals surface area (Å²) in [6.45, 7) is 3.11. The fourth-order valence-corrected chi connectivity index (χ4v) is 5.05. The van der Waals surface area contributed by atoms with Crippen LogP contribution < -0.4 is 4.57 Å². The highest BCUT2D eigenvalue weighted by Crippen LogP contribution is 2.33. The number of Topliss-reactive ketones (excluding diaryl/α,β-unsaturated/α-hetero) is 1. The lowest BCUT2D eigenvalue weighted by Gasteiger charge is -2.06. The van der Waals surface area contributed by atoms with Crippen molar-refractivity contribution in [2.45, 2.75) is 26.4 Å². The van der Waals surface area contributed by atoms with E-state index >= 15 is 0 Å². The van der Waals surface area contributed by atoms with Crippen LogP contribution in [0.1, 0.15) is 28.7 Å². The number of benzene rings is 4. The first-order valence-electron chi connectivity index (χ1n) is 12.4. The Hall–Kier alpha value is -4.44. The van der Waals surface area contributed by atoms with Crippen LogP contribution in [-0.2, 0) is 19.5 Å². The number of rotatable bonds is 7. The van der Waals surface area contributed by atoms with Crippen molar-refractivity contribution in [3.8, 4) is 11.3 Å². The highest BCUT2D eigenvalue weighted by Gasteiger charge is 2.23. The molecular formula is C32H27N2O2+. The molecular weight excluding hydrogens is 444 g/mol. The number of nitrogens with zero attached hydrogens (tertiary/aromatic N) is 2. The van der Waals surface area contributed by atoms with Crippen LogP contribution in [0.15, 0.2) is 114 Å². The van der Waals surface area contributed by atoms with E-state index in [0.29, 0.717) is 13.1 Å². The second-order valence-electron chi connectivity index (χ2n) is 9.08. The second-order valence-corrected chi connectivity index (χ2v) is 9.08. The van der Waals surface area contributed by atoms with Gasteiger partial charge >= 0.3 is 0 Å². The monoisotopic (exact) mass is 471 g/mol. The van der Waals surface area contributed by atoms with Gasteiger partial charge in [-0.25, -0.2) is 9.13 Å². The fraction of sp³-hybridized carbons (Fsp3) is 0.125. The maximum atomic E-state index is 13.2. The Morgan fingerprint density at radius 3 is 2.44 bits per heavy atom. The number of ketones is 1. The van der Waals surface area contributed by atoms with Gasteiger partial charge in [-0.3, -0.25) is 4.79 Å². The molecule has 0 amide bonds. The van der Waals surface area contributed by atoms with Crippen molar-refractivity contribution in [1.82, 2.24) is 4.57 Å². The largest absolute Gasteiger partial charge is 0.456 e. The highest BCUT2D eigenvalue weighted by molar-refractivity contribution is 5.99. The van der Waals surface area contributed by atoms with Crippen LogP contribution in [0.25, 0.3) is 33.1 Å². The Morgan fingerprint density at radius 2 is 1.61 bits per heavy atom. The summed E-state index contributed by atoms with van der Waals surface area (Å²) in [4.78, 5) is 13.2. The van der Waals surface area contributed by atoms with Crippen molar-refractivity contribution in [2.75, 3.05) is 0 Å². The molecule has 0 aliphatic carbocycles. The van der Waals surface area contributed by atoms with Crippen LogP contribution in [-0.4, -0.2) is 10.4 Å². The molecule has 176 valence electrons. The lowest BCUT2D eigenvalue weighted by Crippen LogP contribution is -2.38. The van der Waals surface area contributed by atoms with Crippen LogP contribution in [0.2, 0.25) is 0 Å². The molecule has 0 unspecified atom stereocenters. The van der Waals surface area contributed by atoms with Gasteiger partial charge in [0.1, 0.15) is 30.3 Å². The predicted octanol–water partition coefficient (Wildman–Crippen LogP) is 6.84. The number of hydrogen-bond acceptors (Lipinski definition) is 2. The molecule has 0 saturated heterocycles. The zero-order valence-corrected chi connectivity index (χ0v) is 20.2. The summed E-state index contributed by atoms with van der Waals surface area (Å²) in [5.74, 6) is 2.11. The van der Waals surface area contributed by atoms with E-state index in [-0.39, 0.29) is 5.78 Å². The molecule has 0 atom stereocenters. The normalized spacial score (nSPS) is 11.4. The quantitative estimate of drug-likeness (QED) is 0.189. The molecule has 0 fully saturated rings. The molecule has 6 rings (SSSR count). The molecule has 0 N–H and O–H groups in total. The van der Waals surface area contributed by atoms with E-state index in [1.807, 2.05) is 72.9 Å². The van der Waals surface area contributed by atoms with Crippen molar-refractivity contribution in [1.29, 1.82) is 0 Å². The minimum atomic E-state index is 0.108. The van der Waals surface area contributed by atoms with Gasteiger partial charge < -0.3 is 4.42 Å². The van der Waals surface area contributed by atoms with Gasteiger partial charge in [0.05, 0.1) is 0 Å². The Kier molecular flexibility index (Phi) is 5.70. The third kappa shape index (κ3) is 4.01. The molecule has 0 aliphatic rings. The zero-order chi connectivity index (χ0) is 24.5. The molecule has 0 aliphatic heterocycles. The number of carbonyl (C=O) groups excluding carboxylic acids is 1. The van der Waals surface area contributed by atoms with Gasteiger partial charge in [-0.05, 0) is 22.9 Å². The number of carbonyl (C=O) groups is 1. The second kappa shape index (κ2) is 9.31. The summed E-state index contributed by atoms with van der Waals surface area (Å²) in [5, 5.41) is 3.34. The molecule has 2 aromatic heterocycles. The average Bonchev–Trinajstić information content (AvgIpc) is 3.49. The molecule has 4 heteroatoms. The zero-order valence-electron chi connectivity index (χ0n) is 20.2. The van der Waals surface area contributed by atoms with Crippen LogP contribution in [0.4, 0.5) is 0 Å². The lowest BCUT2D eigenvalue weighted by atomic mass is 10.0. The first kappa shape index (κ1) is 22.1. The van der Waals surface area contributed by atoms with Gasteiger partial charge in [-0.15, -0.1) is 0 Å². The van der Waals surface area contributed by atoms with Crippen molar-refractivity contribution in [3.05, 3.63) is 126 Å². The molecule has 0 saturated carbocycles. The fourth-order valence-electron chi connectivity index (χ4n) is 5.05. The van der Waals surface area contributed by atoms with Crippen molar-refractivity contribution in [2.24, 2.45) is 0 Å². The summed E-state index contributed by atoms with van der Waals surface area (Å²) in [6, 6.07) is 32.5. The van der Waals surface area contributed by atoms with Crippen LogP contribution in [0.5, 0.6) is 0 Å². The van der Waals surface area contributed by atoms with Crippen molar-refractivity contribution >= 4 is 27.5 Å². The van der Waals surface area contributed by atoms with Gasteiger partial charge in [-0.1, -0.05) is 91.9 Å². The number of furan rings is 1. The van der Waals surface area contributed by atoms with E-state index in [1.165, 1.54) is 0 Å². The molecule has 6 aromatic rings. The Labute approximate surface area is 210 Å². The maximum Gasteiger partial charge on any atom is 0.256 e. The van der Waals surface area contributed by atoms with Crippen LogP contribution in [0, 0.1) is 0 Å². The molecule has 4 aromatic carbocycles. The number of aromatic nitrogens is 2. The van der Waals surface area contributed by atoms with Crippen LogP contribution >= 0.6 is 0 Å². The van der Waals surface area contributed by atoms with E-state index in [4.69, 9.17) is 4.42 Å². The maximum absolute atomic E-state index is 13.2. The van der Waals surface area contributed by atoms with Gasteiger partial charge in [-0.2, -0.15) is 0 Å². The topological polar surface area (TPSA) is 39.0 Å². The summed E-state index contributed by atoms with van der Waals surface area (Å²) in [6.07, 6.45) is 4.90. The summed E-state index contributed by atoms with van der Waals surface area (Å²) < 4.78 is 10.6. The van der Waals surface area contributed by atoms with E-state index in [0.717, 1.165) is 56.4 Å². The minimum absolute atomic E-state index is 0.108. The number of para-hydroxylation sites is 1. The third-order valence-corrected chi connectivity index (χ3v) is 6.85. The Bertz CT molecular complexity index is 1690. The molecule has 0 radical (unpaired) electrons. The van der Waals surface area contributed by atoms with Gasteiger partial charge in [0.25, 0.3) is 5.82 Å². The summed E-state index contributed by atoms with van der Waals surface area (Å²) in [7, 11) is 0. The summed E-state index contributed by atoms with van der Waals surface area (Å²) in [5.41, 5.74) is 3.84. The Balaban J connectivity index is 1.33. The first-order valence-corrected chi connectivity index (χ1v) is 12.4. The lowest BCUT2D eigenvalue weighted by molar-refractivity contribution is -0.695. The predicted molar refractivity (Wildman–Crippen MR) is 143 cm³/mol. The number of hydrogen-bond donors (Lipinski definition) is 0. The summed E-state index contributed by atoms with van der Waals surface area (Å²) >= 11 is 0. The van der Waals surface area contributed by atoms with E-state index < -0.39 is 0 Å². The van der Waals surface area contributed by atoms with E-state index in [9.17, 15) is 4.79 Å². The molecule has 36 heavy (non-hydrogen) atoms. The van der Waals surface area contributed by atoms with Crippen LogP contribution in [0.3, 0.4) is 0 Å². The van der Waals surface area contributed by atoms with Gasteiger partial charge in [0.2, 0.25) is 5.78 Å². The molecule has 0 bridgehead atoms. The average molecular weight is 472 g/mol. The molecule has 2 heterocycles. The Morgan fingerprint density at radius 1 is 0.861 bits per heavy atom. The van der Waals surface area contributed by atoms with Crippen molar-refractivity contribution in [3.63, 3.8) is 0 Å². The van der Waals surface area contributed by atoms with Crippen molar-refractivity contribution < 1.29 is 13.8 Å².